The van der Waals surface area contributed by atoms with Gasteiger partial charge in [0, 0.05) is 25.7 Å². The molecule has 1 aliphatic rings. The Morgan fingerprint density at radius 3 is 1.17 bits per heavy atom. The molecule has 1 aliphatic heterocycles. The molecule has 0 amide bonds. The smallest absolute Gasteiger partial charge is 0.306 e. The van der Waals surface area contributed by atoms with Gasteiger partial charge in [-0.15, -0.1) is 0 Å². The van der Waals surface area contributed by atoms with Gasteiger partial charge in [-0.25, -0.2) is 0 Å². The Morgan fingerprint density at radius 1 is 0.481 bits per heavy atom. The minimum absolute atomic E-state index is 0.0115. The zero-order chi connectivity index (χ0) is 39.9. The van der Waals surface area contributed by atoms with Gasteiger partial charge < -0.3 is 28.4 Å². The van der Waals surface area contributed by atoms with E-state index in [9.17, 15) is 19.2 Å². The van der Waals surface area contributed by atoms with Gasteiger partial charge >= 0.3 is 23.9 Å². The monoisotopic (exact) mass is 769 g/mol. The number of hydrogen-bond acceptors (Lipinski definition) is 10. The average molecular weight is 769 g/mol. The molecular weight excluding hydrogens is 688 g/mol. The third kappa shape index (κ3) is 27.4. The van der Waals surface area contributed by atoms with Crippen molar-refractivity contribution in [1.82, 2.24) is 0 Å². The van der Waals surface area contributed by atoms with Crippen molar-refractivity contribution in [2.24, 2.45) is 5.41 Å². The van der Waals surface area contributed by atoms with E-state index in [4.69, 9.17) is 28.4 Å². The van der Waals surface area contributed by atoms with Gasteiger partial charge in [0.1, 0.15) is 13.2 Å². The molecule has 1 fully saturated rings. The second kappa shape index (κ2) is 31.0. The van der Waals surface area contributed by atoms with E-state index in [2.05, 4.69) is 13.8 Å². The van der Waals surface area contributed by atoms with Crippen LogP contribution in [0.4, 0.5) is 0 Å². The molecule has 0 bridgehead atoms. The second-order valence-electron chi connectivity index (χ2n) is 16.3. The molecular formula is C44H80O10. The highest BCUT2D eigenvalue weighted by molar-refractivity contribution is 5.71. The Kier molecular flexibility index (Phi) is 28.6. The molecule has 1 saturated heterocycles. The lowest BCUT2D eigenvalue weighted by atomic mass is 9.91. The van der Waals surface area contributed by atoms with E-state index >= 15 is 0 Å². The van der Waals surface area contributed by atoms with Crippen LogP contribution in [-0.2, 0) is 47.6 Å². The van der Waals surface area contributed by atoms with Crippen LogP contribution in [0.1, 0.15) is 208 Å². The van der Waals surface area contributed by atoms with Gasteiger partial charge in [-0.05, 0) is 79.1 Å². The van der Waals surface area contributed by atoms with Crippen LogP contribution < -0.4 is 0 Å². The van der Waals surface area contributed by atoms with Crippen LogP contribution in [0.25, 0.3) is 0 Å². The van der Waals surface area contributed by atoms with Gasteiger partial charge in [0.25, 0.3) is 0 Å². The summed E-state index contributed by atoms with van der Waals surface area (Å²) in [5.74, 6) is -1.83. The molecule has 10 heteroatoms. The van der Waals surface area contributed by atoms with Crippen LogP contribution in [0, 0.1) is 5.41 Å². The first-order valence-corrected chi connectivity index (χ1v) is 21.9. The summed E-state index contributed by atoms with van der Waals surface area (Å²) in [5.41, 5.74) is -0.800. The largest absolute Gasteiger partial charge is 0.465 e. The van der Waals surface area contributed by atoms with E-state index in [0.717, 1.165) is 38.5 Å². The Hall–Kier alpha value is -2.20. The van der Waals surface area contributed by atoms with Gasteiger partial charge in [-0.1, -0.05) is 104 Å². The summed E-state index contributed by atoms with van der Waals surface area (Å²) in [6, 6.07) is 0. The summed E-state index contributed by atoms with van der Waals surface area (Å²) >= 11 is 0. The third-order valence-electron chi connectivity index (χ3n) is 10.1. The van der Waals surface area contributed by atoms with Crippen LogP contribution in [-0.4, -0.2) is 68.3 Å². The Morgan fingerprint density at radius 2 is 0.796 bits per heavy atom. The zero-order valence-corrected chi connectivity index (χ0v) is 35.5. The van der Waals surface area contributed by atoms with Gasteiger partial charge in [-0.3, -0.25) is 19.2 Å². The number of rotatable bonds is 34. The molecule has 2 unspecified atom stereocenters. The number of hydrogen-bond donors (Lipinski definition) is 0. The maximum absolute atomic E-state index is 12.6. The molecule has 0 aromatic carbocycles. The minimum atomic E-state index is -0.800. The van der Waals surface area contributed by atoms with E-state index in [0.29, 0.717) is 38.5 Å². The highest BCUT2D eigenvalue weighted by atomic mass is 16.7. The Labute approximate surface area is 329 Å². The highest BCUT2D eigenvalue weighted by Crippen LogP contribution is 2.31. The molecule has 10 nitrogen and oxygen atoms in total. The van der Waals surface area contributed by atoms with Crippen molar-refractivity contribution < 1.29 is 47.6 Å². The van der Waals surface area contributed by atoms with Crippen molar-refractivity contribution in [3.63, 3.8) is 0 Å². The quantitative estimate of drug-likeness (QED) is 0.0355. The third-order valence-corrected chi connectivity index (χ3v) is 10.1. The summed E-state index contributed by atoms with van der Waals surface area (Å²) in [6.07, 6.45) is 24.2. The molecule has 0 aliphatic carbocycles. The van der Waals surface area contributed by atoms with E-state index in [1.807, 2.05) is 27.7 Å². The van der Waals surface area contributed by atoms with Gasteiger partial charge in [-0.2, -0.15) is 0 Å². The minimum Gasteiger partial charge on any atom is -0.465 e. The number of ether oxygens (including phenoxy) is 6. The van der Waals surface area contributed by atoms with Gasteiger partial charge in [0.05, 0.1) is 30.8 Å². The number of esters is 4. The highest BCUT2D eigenvalue weighted by Gasteiger charge is 2.42. The standard InChI is InChI=1S/C44H80O10/c1-7-9-11-13-15-17-21-27-37(3)53-41(47)31-25-19-23-29-39(45)49-33-44(35-51-43(5,6)52-36-44)34-50-40(46)30-24-20-26-32-42(48)54-38(4)28-22-18-16-14-12-10-8-2/h37-38H,7-36H2,1-6H3. The van der Waals surface area contributed by atoms with Gasteiger partial charge in [0.2, 0.25) is 0 Å². The number of carbonyl (C=O) groups is 4. The molecule has 0 aromatic rings. The van der Waals surface area contributed by atoms with Crippen LogP contribution in [0.5, 0.6) is 0 Å². The predicted octanol–water partition coefficient (Wildman–Crippen LogP) is 10.9. The molecule has 0 spiro atoms. The van der Waals surface area contributed by atoms with E-state index in [1.165, 1.54) is 77.0 Å². The lowest BCUT2D eigenvalue weighted by Crippen LogP contribution is -2.51. The van der Waals surface area contributed by atoms with Crippen molar-refractivity contribution in [3.8, 4) is 0 Å². The molecule has 1 rings (SSSR count). The van der Waals surface area contributed by atoms with E-state index in [1.54, 1.807) is 0 Å². The topological polar surface area (TPSA) is 124 Å². The fraction of sp³-hybridized carbons (Fsp3) is 0.909. The SMILES string of the molecule is CCCCCCCCCC(C)OC(=O)CCCCCC(=O)OCC1(COC(=O)CCCCCC(=O)OC(C)CCCCCCCCC)COC(C)(C)OC1. The van der Waals surface area contributed by atoms with Crippen molar-refractivity contribution in [1.29, 1.82) is 0 Å². The van der Waals surface area contributed by atoms with Crippen molar-refractivity contribution in [2.45, 2.75) is 226 Å². The number of unbranched alkanes of at least 4 members (excludes halogenated alkanes) is 16. The maximum Gasteiger partial charge on any atom is 0.306 e. The summed E-state index contributed by atoms with van der Waals surface area (Å²) < 4.78 is 34.1. The lowest BCUT2D eigenvalue weighted by Gasteiger charge is -2.42. The van der Waals surface area contributed by atoms with Crippen molar-refractivity contribution >= 4 is 23.9 Å². The Balaban J connectivity index is 2.24. The fourth-order valence-corrected chi connectivity index (χ4v) is 6.45. The summed E-state index contributed by atoms with van der Waals surface area (Å²) in [5, 5.41) is 0. The lowest BCUT2D eigenvalue weighted by molar-refractivity contribution is -0.296. The molecule has 0 aromatic heterocycles. The molecule has 316 valence electrons. The first-order valence-electron chi connectivity index (χ1n) is 21.9. The molecule has 0 N–H and O–H groups in total. The van der Waals surface area contributed by atoms with E-state index < -0.39 is 11.2 Å². The number of carbonyl (C=O) groups excluding carboxylic acids is 4. The van der Waals surface area contributed by atoms with Crippen LogP contribution in [0.2, 0.25) is 0 Å². The van der Waals surface area contributed by atoms with Crippen LogP contribution in [0.15, 0.2) is 0 Å². The molecule has 54 heavy (non-hydrogen) atoms. The van der Waals surface area contributed by atoms with Crippen molar-refractivity contribution in [3.05, 3.63) is 0 Å². The van der Waals surface area contributed by atoms with Crippen LogP contribution >= 0.6 is 0 Å². The van der Waals surface area contributed by atoms with Crippen LogP contribution in [0.3, 0.4) is 0 Å². The fourth-order valence-electron chi connectivity index (χ4n) is 6.45. The molecule has 0 radical (unpaired) electrons. The van der Waals surface area contributed by atoms with Crippen molar-refractivity contribution in [2.75, 3.05) is 26.4 Å². The summed E-state index contributed by atoms with van der Waals surface area (Å²) in [4.78, 5) is 49.7. The zero-order valence-electron chi connectivity index (χ0n) is 35.5. The van der Waals surface area contributed by atoms with Gasteiger partial charge in [0.15, 0.2) is 5.79 Å². The van der Waals surface area contributed by atoms with E-state index in [-0.39, 0.29) is 75.4 Å². The molecule has 0 saturated carbocycles. The maximum atomic E-state index is 12.6. The second-order valence-corrected chi connectivity index (χ2v) is 16.3. The first kappa shape index (κ1) is 49.8. The predicted molar refractivity (Wildman–Crippen MR) is 213 cm³/mol. The molecule has 1 heterocycles. The Bertz CT molecular complexity index is 920. The normalized spacial score (nSPS) is 16.0. The first-order chi connectivity index (χ1) is 25.9. The summed E-state index contributed by atoms with van der Waals surface area (Å²) in [7, 11) is 0. The summed E-state index contributed by atoms with van der Waals surface area (Å²) in [6.45, 7) is 12.5. The molecule has 2 atom stereocenters. The average Bonchev–Trinajstić information content (AvgIpc) is 3.13.